The van der Waals surface area contributed by atoms with Gasteiger partial charge in [0.25, 0.3) is 0 Å². The van der Waals surface area contributed by atoms with Crippen molar-refractivity contribution in [1.29, 1.82) is 0 Å². The van der Waals surface area contributed by atoms with Crippen molar-refractivity contribution < 1.29 is 9.13 Å². The first-order valence-corrected chi connectivity index (χ1v) is 8.51. The van der Waals surface area contributed by atoms with E-state index in [1.54, 1.807) is 24.4 Å². The number of rotatable bonds is 6. The first-order chi connectivity index (χ1) is 12.1. The highest BCUT2D eigenvalue weighted by atomic mass is 19.1. The quantitative estimate of drug-likeness (QED) is 0.696. The summed E-state index contributed by atoms with van der Waals surface area (Å²) in [4.78, 5) is 8.82. The van der Waals surface area contributed by atoms with Crippen LogP contribution in [-0.2, 0) is 0 Å². The lowest BCUT2D eigenvalue weighted by atomic mass is 9.99. The van der Waals surface area contributed by atoms with Gasteiger partial charge in [-0.3, -0.25) is 4.98 Å². The van der Waals surface area contributed by atoms with Crippen molar-refractivity contribution in [3.05, 3.63) is 60.2 Å². The molecule has 1 aromatic carbocycles. The van der Waals surface area contributed by atoms with E-state index in [2.05, 4.69) is 36.1 Å². The van der Waals surface area contributed by atoms with Gasteiger partial charge in [0.2, 0.25) is 5.88 Å². The summed E-state index contributed by atoms with van der Waals surface area (Å²) < 4.78 is 19.9. The lowest BCUT2D eigenvalue weighted by Crippen LogP contribution is -2.26. The number of ether oxygens (including phenoxy) is 1. The molecular weight excluding hydrogens is 317 g/mol. The summed E-state index contributed by atoms with van der Waals surface area (Å²) >= 11 is 0. The van der Waals surface area contributed by atoms with Crippen LogP contribution in [0.15, 0.2) is 48.7 Å². The Bertz CT molecular complexity index is 866. The Balaban J connectivity index is 1.97. The molecular formula is C20H22FN3O. The molecule has 1 atom stereocenters. The highest BCUT2D eigenvalue weighted by Gasteiger charge is 2.21. The van der Waals surface area contributed by atoms with E-state index in [0.717, 1.165) is 17.6 Å². The molecule has 1 N–H and O–H groups in total. The molecule has 0 aliphatic carbocycles. The van der Waals surface area contributed by atoms with Gasteiger partial charge in [-0.15, -0.1) is 0 Å². The predicted octanol–water partition coefficient (Wildman–Crippen LogP) is 4.87. The number of aromatic nitrogens is 2. The van der Waals surface area contributed by atoms with Gasteiger partial charge in [0.05, 0.1) is 6.04 Å². The number of nitrogens with zero attached hydrogens (tertiary/aromatic N) is 2. The van der Waals surface area contributed by atoms with Gasteiger partial charge in [0.15, 0.2) is 5.75 Å². The molecule has 2 aromatic heterocycles. The highest BCUT2D eigenvalue weighted by molar-refractivity contribution is 5.79. The van der Waals surface area contributed by atoms with Crippen LogP contribution in [0.25, 0.3) is 10.9 Å². The van der Waals surface area contributed by atoms with E-state index in [4.69, 9.17) is 4.74 Å². The zero-order valence-electron chi connectivity index (χ0n) is 14.7. The molecule has 3 rings (SSSR count). The largest absolute Gasteiger partial charge is 0.437 e. The average molecular weight is 339 g/mol. The van der Waals surface area contributed by atoms with Gasteiger partial charge >= 0.3 is 0 Å². The summed E-state index contributed by atoms with van der Waals surface area (Å²) in [5.74, 6) is 0.970. The molecule has 5 heteroatoms. The van der Waals surface area contributed by atoms with Gasteiger partial charge in [-0.25, -0.2) is 9.37 Å². The van der Waals surface area contributed by atoms with Crippen LogP contribution in [0.5, 0.6) is 11.6 Å². The third-order valence-electron chi connectivity index (χ3n) is 4.05. The van der Waals surface area contributed by atoms with Gasteiger partial charge in [-0.2, -0.15) is 0 Å². The van der Waals surface area contributed by atoms with Crippen molar-refractivity contribution in [3.8, 4) is 11.6 Å². The van der Waals surface area contributed by atoms with Crippen LogP contribution in [0.1, 0.15) is 32.5 Å². The molecule has 3 aromatic rings. The Kier molecular flexibility index (Phi) is 5.24. The van der Waals surface area contributed by atoms with Crippen molar-refractivity contribution in [2.75, 3.05) is 6.54 Å². The van der Waals surface area contributed by atoms with E-state index in [9.17, 15) is 4.39 Å². The Morgan fingerprint density at radius 2 is 1.96 bits per heavy atom. The minimum Gasteiger partial charge on any atom is -0.437 e. The standard InChI is InChI=1S/C20H22FN3O/c1-4-22-18(13(2)3)20-16(9-6-12-23-20)25-17-11-10-14-7-5-8-15(21)19(14)24-17/h5-13,18,22H,4H2,1-3H3. The second kappa shape index (κ2) is 7.57. The molecule has 0 radical (unpaired) electrons. The third-order valence-corrected chi connectivity index (χ3v) is 4.05. The van der Waals surface area contributed by atoms with Crippen molar-refractivity contribution in [3.63, 3.8) is 0 Å². The number of fused-ring (bicyclic) bond motifs is 1. The van der Waals surface area contributed by atoms with Crippen LogP contribution in [0.2, 0.25) is 0 Å². The number of pyridine rings is 2. The number of halogens is 1. The summed E-state index contributed by atoms with van der Waals surface area (Å²) in [6.07, 6.45) is 1.75. The van der Waals surface area contributed by atoms with Crippen LogP contribution in [0.4, 0.5) is 4.39 Å². The monoisotopic (exact) mass is 339 g/mol. The van der Waals surface area contributed by atoms with E-state index in [1.807, 2.05) is 18.2 Å². The highest BCUT2D eigenvalue weighted by Crippen LogP contribution is 2.31. The molecule has 0 fully saturated rings. The first kappa shape index (κ1) is 17.3. The van der Waals surface area contributed by atoms with Crippen LogP contribution in [-0.4, -0.2) is 16.5 Å². The summed E-state index contributed by atoms with van der Waals surface area (Å²) in [5, 5.41) is 4.18. The van der Waals surface area contributed by atoms with Crippen molar-refractivity contribution in [2.45, 2.75) is 26.8 Å². The fourth-order valence-corrected chi connectivity index (χ4v) is 2.85. The zero-order chi connectivity index (χ0) is 17.8. The molecule has 0 saturated heterocycles. The van der Waals surface area contributed by atoms with Crippen LogP contribution < -0.4 is 10.1 Å². The van der Waals surface area contributed by atoms with E-state index < -0.39 is 0 Å². The molecule has 2 heterocycles. The Hall–Kier alpha value is -2.53. The molecule has 4 nitrogen and oxygen atoms in total. The Labute approximate surface area is 147 Å². The maximum atomic E-state index is 14.0. The summed E-state index contributed by atoms with van der Waals surface area (Å²) in [6.45, 7) is 7.16. The van der Waals surface area contributed by atoms with E-state index in [1.165, 1.54) is 6.07 Å². The minimum absolute atomic E-state index is 0.0680. The summed E-state index contributed by atoms with van der Waals surface area (Å²) in [5.41, 5.74) is 1.13. The zero-order valence-corrected chi connectivity index (χ0v) is 14.7. The van der Waals surface area contributed by atoms with Crippen molar-refractivity contribution >= 4 is 10.9 Å². The molecule has 0 aliphatic heterocycles. The molecule has 0 spiro atoms. The first-order valence-electron chi connectivity index (χ1n) is 8.51. The van der Waals surface area contributed by atoms with E-state index in [-0.39, 0.29) is 11.9 Å². The molecule has 1 unspecified atom stereocenters. The second-order valence-corrected chi connectivity index (χ2v) is 6.23. The number of para-hydroxylation sites is 1. The Morgan fingerprint density at radius 3 is 2.72 bits per heavy atom. The number of hydrogen-bond donors (Lipinski definition) is 1. The fraction of sp³-hybridized carbons (Fsp3) is 0.300. The topological polar surface area (TPSA) is 47.0 Å². The second-order valence-electron chi connectivity index (χ2n) is 6.23. The van der Waals surface area contributed by atoms with Gasteiger partial charge in [0.1, 0.15) is 17.0 Å². The molecule has 130 valence electrons. The van der Waals surface area contributed by atoms with Crippen LogP contribution in [0, 0.1) is 11.7 Å². The number of benzene rings is 1. The van der Waals surface area contributed by atoms with E-state index in [0.29, 0.717) is 23.1 Å². The van der Waals surface area contributed by atoms with Crippen LogP contribution >= 0.6 is 0 Å². The van der Waals surface area contributed by atoms with Crippen molar-refractivity contribution in [2.24, 2.45) is 5.92 Å². The lowest BCUT2D eigenvalue weighted by Gasteiger charge is -2.23. The molecule has 0 bridgehead atoms. The number of nitrogens with one attached hydrogen (secondary N) is 1. The smallest absolute Gasteiger partial charge is 0.219 e. The summed E-state index contributed by atoms with van der Waals surface area (Å²) in [7, 11) is 0. The number of hydrogen-bond acceptors (Lipinski definition) is 4. The lowest BCUT2D eigenvalue weighted by molar-refractivity contribution is 0.385. The van der Waals surface area contributed by atoms with Gasteiger partial charge in [0, 0.05) is 17.6 Å². The fourth-order valence-electron chi connectivity index (χ4n) is 2.85. The van der Waals surface area contributed by atoms with Gasteiger partial charge in [-0.05, 0) is 36.7 Å². The maximum absolute atomic E-state index is 14.0. The Morgan fingerprint density at radius 1 is 1.12 bits per heavy atom. The predicted molar refractivity (Wildman–Crippen MR) is 97.3 cm³/mol. The molecule has 0 aliphatic rings. The maximum Gasteiger partial charge on any atom is 0.219 e. The normalized spacial score (nSPS) is 12.5. The third kappa shape index (κ3) is 3.77. The van der Waals surface area contributed by atoms with Crippen LogP contribution in [0.3, 0.4) is 0 Å². The van der Waals surface area contributed by atoms with Gasteiger partial charge < -0.3 is 10.1 Å². The minimum atomic E-state index is -0.359. The average Bonchev–Trinajstić information content (AvgIpc) is 2.61. The molecule has 25 heavy (non-hydrogen) atoms. The summed E-state index contributed by atoms with van der Waals surface area (Å²) in [6, 6.07) is 12.2. The molecule has 0 saturated carbocycles. The van der Waals surface area contributed by atoms with Gasteiger partial charge in [-0.1, -0.05) is 32.9 Å². The SMILES string of the molecule is CCNC(c1ncccc1Oc1ccc2cccc(F)c2n1)C(C)C. The van der Waals surface area contributed by atoms with E-state index >= 15 is 0 Å². The molecule has 0 amide bonds. The van der Waals surface area contributed by atoms with Crippen molar-refractivity contribution in [1.82, 2.24) is 15.3 Å².